The van der Waals surface area contributed by atoms with E-state index in [9.17, 15) is 43.2 Å². The van der Waals surface area contributed by atoms with Crippen LogP contribution < -0.4 is 26.6 Å². The van der Waals surface area contributed by atoms with E-state index in [4.69, 9.17) is 18.9 Å². The standard InChI is InChI=1S/C84H78N6O15/c91-74(81(98)102-45-65-57-29-9-1-21-49(57)50-22-2-10-30-58(50)65)43-71(76(93)83(100)104-47-67-61-33-13-5-25-53(61)54-26-6-14-34-62(54)67)88-78(95)72(44-75(92)82(99)103-46-66-59-31-11-3-23-51(59)52-24-4-12-32-60(52)66)89-79(96)73-39-20-42-90(73)80(97)70(87-77(94)69-38-19-41-85-69)37-17-18-40-86-84(101)105-48-68-63-35-15-7-27-55(63)56-28-8-16-36-64(56)68/h1-16,21-36,65-73,85H,17-20,37-48H2,(H,86,101)(H,87,94)(H,88,95)(H,89,96). The Bertz CT molecular complexity index is 4570. The largest absolute Gasteiger partial charge is 0.459 e. The number of nitrogens with one attached hydrogen (secondary N) is 5. The van der Waals surface area contributed by atoms with Gasteiger partial charge in [0.15, 0.2) is 0 Å². The summed E-state index contributed by atoms with van der Waals surface area (Å²) in [5.41, 5.74) is 14.8. The number of rotatable bonds is 28. The van der Waals surface area contributed by atoms with Crippen LogP contribution in [0, 0.1) is 0 Å². The number of fused-ring (bicyclic) bond motifs is 12. The highest BCUT2D eigenvalue weighted by Crippen LogP contribution is 2.48. The Labute approximate surface area is 606 Å². The van der Waals surface area contributed by atoms with Gasteiger partial charge in [0, 0.05) is 49.6 Å². The molecule has 0 spiro atoms. The Morgan fingerprint density at radius 1 is 0.400 bits per heavy atom. The number of ketones is 3. The van der Waals surface area contributed by atoms with Crippen LogP contribution in [0.5, 0.6) is 0 Å². The molecule has 534 valence electrons. The van der Waals surface area contributed by atoms with Gasteiger partial charge in [0.1, 0.15) is 50.6 Å². The molecular weight excluding hydrogens is 1330 g/mol. The molecule has 4 aliphatic carbocycles. The number of carbonyl (C=O) groups is 11. The van der Waals surface area contributed by atoms with Gasteiger partial charge in [0.25, 0.3) is 5.78 Å². The van der Waals surface area contributed by atoms with Gasteiger partial charge >= 0.3 is 24.0 Å². The van der Waals surface area contributed by atoms with Gasteiger partial charge in [-0.2, -0.15) is 0 Å². The third kappa shape index (κ3) is 14.8. The van der Waals surface area contributed by atoms with Crippen molar-refractivity contribution in [1.29, 1.82) is 0 Å². The highest BCUT2D eigenvalue weighted by molar-refractivity contribution is 6.39. The van der Waals surface area contributed by atoms with Crippen LogP contribution in [0.25, 0.3) is 44.5 Å². The van der Waals surface area contributed by atoms with Crippen molar-refractivity contribution in [2.45, 2.75) is 112 Å². The molecule has 5 amide bonds. The number of amides is 5. The summed E-state index contributed by atoms with van der Waals surface area (Å²) in [5.74, 6) is -13.3. The molecule has 2 aliphatic heterocycles. The minimum absolute atomic E-state index is 0.0263. The molecule has 0 radical (unpaired) electrons. The van der Waals surface area contributed by atoms with E-state index in [1.54, 1.807) is 0 Å². The number of hydrogen-bond donors (Lipinski definition) is 5. The molecule has 105 heavy (non-hydrogen) atoms. The molecule has 5 N–H and O–H groups in total. The minimum atomic E-state index is -2.19. The molecule has 21 nitrogen and oxygen atoms in total. The summed E-state index contributed by atoms with van der Waals surface area (Å²) in [4.78, 5) is 159. The molecule has 14 rings (SSSR count). The number of alkyl carbamates (subject to hydrolysis) is 1. The lowest BCUT2D eigenvalue weighted by atomic mass is 9.98. The number of nitrogens with zero attached hydrogens (tertiary/aromatic N) is 1. The molecule has 0 aromatic heterocycles. The maximum atomic E-state index is 15.2. The maximum absolute atomic E-state index is 15.2. The lowest BCUT2D eigenvalue weighted by Gasteiger charge is -2.30. The SMILES string of the molecule is O=C(NCCCCC(NC(=O)C1CCCN1)C(=O)N1CCCC1C(=O)NC(CC(=O)C(=O)OCC1c2ccccc2-c2ccccc21)C(=O)NC(CC(=O)C(=O)OCC1c2ccccc2-c2ccccc21)C(=O)C(=O)OCC1c2ccccc2-c2ccccc21)OCC1c2ccccc2-c2ccccc21. The van der Waals surface area contributed by atoms with Crippen molar-refractivity contribution in [1.82, 2.24) is 31.5 Å². The summed E-state index contributed by atoms with van der Waals surface area (Å²) in [7, 11) is 0. The predicted molar refractivity (Wildman–Crippen MR) is 387 cm³/mol. The molecule has 6 aliphatic rings. The third-order valence-electron chi connectivity index (χ3n) is 21.1. The number of benzene rings is 8. The Morgan fingerprint density at radius 3 is 1.17 bits per heavy atom. The number of ether oxygens (including phenoxy) is 4. The summed E-state index contributed by atoms with van der Waals surface area (Å²) in [6, 6.07) is 53.8. The first kappa shape index (κ1) is 70.3. The number of carbonyl (C=O) groups excluding carboxylic acids is 11. The fourth-order valence-corrected chi connectivity index (χ4v) is 15.9. The topological polar surface area (TPSA) is 288 Å². The Balaban J connectivity index is 0.688. The summed E-state index contributed by atoms with van der Waals surface area (Å²) in [6.45, 7) is -0.0468. The smallest absolute Gasteiger partial charge is 0.407 e. The fraction of sp³-hybridized carbons (Fsp3) is 0.298. The monoisotopic (exact) mass is 1410 g/mol. The van der Waals surface area contributed by atoms with Crippen LogP contribution in [-0.2, 0) is 66.9 Å². The highest BCUT2D eigenvalue weighted by atomic mass is 16.6. The molecule has 5 atom stereocenters. The quantitative estimate of drug-likeness (QED) is 0.0132. The second kappa shape index (κ2) is 31.5. The van der Waals surface area contributed by atoms with Gasteiger partial charge in [-0.05, 0) is 141 Å². The summed E-state index contributed by atoms with van der Waals surface area (Å²) in [5, 5.41) is 13.8. The van der Waals surface area contributed by atoms with Crippen LogP contribution in [0.3, 0.4) is 0 Å². The van der Waals surface area contributed by atoms with E-state index in [0.717, 1.165) is 95.4 Å². The van der Waals surface area contributed by atoms with Gasteiger partial charge in [-0.15, -0.1) is 0 Å². The summed E-state index contributed by atoms with van der Waals surface area (Å²) >= 11 is 0. The number of unbranched alkanes of at least 4 members (excludes halogenated alkanes) is 1. The summed E-state index contributed by atoms with van der Waals surface area (Å²) < 4.78 is 22.9. The Hall–Kier alpha value is -11.7. The number of hydrogen-bond acceptors (Lipinski definition) is 16. The highest BCUT2D eigenvalue weighted by Gasteiger charge is 2.43. The lowest BCUT2D eigenvalue weighted by Crippen LogP contribution is -2.59. The van der Waals surface area contributed by atoms with Crippen LogP contribution in [0.15, 0.2) is 194 Å². The Kier molecular flexibility index (Phi) is 21.1. The van der Waals surface area contributed by atoms with Crippen molar-refractivity contribution < 1.29 is 71.7 Å². The van der Waals surface area contributed by atoms with E-state index < -0.39 is 126 Å². The molecule has 0 saturated carbocycles. The first-order chi connectivity index (χ1) is 51.2. The molecule has 21 heteroatoms. The number of Topliss-reactive ketones (excluding diaryl/α,β-unsaturated/α-hetero) is 3. The molecule has 8 aromatic rings. The van der Waals surface area contributed by atoms with Gasteiger partial charge in [0.2, 0.25) is 35.2 Å². The van der Waals surface area contributed by atoms with Gasteiger partial charge in [-0.3, -0.25) is 33.6 Å². The number of esters is 3. The van der Waals surface area contributed by atoms with Crippen molar-refractivity contribution in [3.05, 3.63) is 239 Å². The Morgan fingerprint density at radius 2 is 0.771 bits per heavy atom. The molecule has 2 saturated heterocycles. The zero-order valence-corrected chi connectivity index (χ0v) is 57.6. The average Bonchev–Trinajstić information content (AvgIpc) is 1.64. The lowest BCUT2D eigenvalue weighted by molar-refractivity contribution is -0.157. The molecule has 0 bridgehead atoms. The maximum Gasteiger partial charge on any atom is 0.407 e. The molecule has 8 aromatic carbocycles. The third-order valence-corrected chi connectivity index (χ3v) is 21.1. The van der Waals surface area contributed by atoms with Gasteiger partial charge in [0.05, 0.1) is 6.04 Å². The average molecular weight is 1410 g/mol. The van der Waals surface area contributed by atoms with Gasteiger partial charge in [-0.1, -0.05) is 194 Å². The van der Waals surface area contributed by atoms with E-state index >= 15 is 9.59 Å². The van der Waals surface area contributed by atoms with Crippen LogP contribution in [0.4, 0.5) is 4.79 Å². The van der Waals surface area contributed by atoms with Crippen LogP contribution in [0.2, 0.25) is 0 Å². The molecule has 2 heterocycles. The van der Waals surface area contributed by atoms with E-state index in [1.807, 2.05) is 194 Å². The molecule has 2 fully saturated rings. The van der Waals surface area contributed by atoms with E-state index in [1.165, 1.54) is 4.90 Å². The van der Waals surface area contributed by atoms with Crippen LogP contribution >= 0.6 is 0 Å². The molecular formula is C84H78N6O15. The van der Waals surface area contributed by atoms with E-state index in [2.05, 4.69) is 26.6 Å². The normalized spacial score (nSPS) is 16.6. The predicted octanol–water partition coefficient (Wildman–Crippen LogP) is 9.45. The van der Waals surface area contributed by atoms with Crippen molar-refractivity contribution in [3.8, 4) is 44.5 Å². The first-order valence-corrected chi connectivity index (χ1v) is 35.9. The van der Waals surface area contributed by atoms with E-state index in [0.29, 0.717) is 25.8 Å². The zero-order chi connectivity index (χ0) is 72.7. The molecule has 5 unspecified atom stereocenters. The number of likely N-dealkylation sites (tertiary alicyclic amines) is 1. The van der Waals surface area contributed by atoms with Crippen molar-refractivity contribution in [3.63, 3.8) is 0 Å². The zero-order valence-electron chi connectivity index (χ0n) is 57.6. The minimum Gasteiger partial charge on any atom is -0.459 e. The van der Waals surface area contributed by atoms with E-state index in [-0.39, 0.29) is 64.7 Å². The van der Waals surface area contributed by atoms with Gasteiger partial charge < -0.3 is 50.4 Å². The summed E-state index contributed by atoms with van der Waals surface area (Å²) in [6.07, 6.45) is -0.540. The van der Waals surface area contributed by atoms with Crippen molar-refractivity contribution >= 4 is 65.0 Å². The fourth-order valence-electron chi connectivity index (χ4n) is 15.9. The van der Waals surface area contributed by atoms with Crippen LogP contribution in [-0.4, -0.2) is 146 Å². The van der Waals surface area contributed by atoms with Crippen molar-refractivity contribution in [2.24, 2.45) is 0 Å². The second-order valence-corrected chi connectivity index (χ2v) is 27.4. The first-order valence-electron chi connectivity index (χ1n) is 35.9. The van der Waals surface area contributed by atoms with Crippen molar-refractivity contribution in [2.75, 3.05) is 46.1 Å². The van der Waals surface area contributed by atoms with Crippen LogP contribution in [0.1, 0.15) is 126 Å². The second-order valence-electron chi connectivity index (χ2n) is 27.4. The van der Waals surface area contributed by atoms with Gasteiger partial charge in [-0.25, -0.2) is 19.2 Å².